The lowest BCUT2D eigenvalue weighted by Crippen LogP contribution is -2.16. The number of hydrogen-bond acceptors (Lipinski definition) is 3. The molecule has 114 valence electrons. The Bertz CT molecular complexity index is 532. The van der Waals surface area contributed by atoms with Crippen LogP contribution < -0.4 is 14.8 Å². The van der Waals surface area contributed by atoms with Crippen molar-refractivity contribution in [1.29, 1.82) is 0 Å². The van der Waals surface area contributed by atoms with Crippen LogP contribution in [0, 0.1) is 0 Å². The minimum absolute atomic E-state index is 0. The normalized spacial score (nSPS) is 9.81. The molecule has 4 heteroatoms. The molecule has 0 aliphatic heterocycles. The quantitative estimate of drug-likeness (QED) is 0.795. The predicted molar refractivity (Wildman–Crippen MR) is 88.6 cm³/mol. The van der Waals surface area contributed by atoms with Crippen molar-refractivity contribution >= 4 is 12.4 Å². The van der Waals surface area contributed by atoms with E-state index in [2.05, 4.69) is 35.6 Å². The zero-order valence-corrected chi connectivity index (χ0v) is 13.3. The van der Waals surface area contributed by atoms with Gasteiger partial charge in [0, 0.05) is 6.54 Å². The van der Waals surface area contributed by atoms with Crippen LogP contribution in [0.4, 0.5) is 0 Å². The number of hydrogen-bond donors (Lipinski definition) is 1. The van der Waals surface area contributed by atoms with E-state index < -0.39 is 0 Å². The average molecular weight is 308 g/mol. The molecule has 0 unspecified atom stereocenters. The molecule has 0 atom stereocenters. The van der Waals surface area contributed by atoms with E-state index in [0.29, 0.717) is 0 Å². The summed E-state index contributed by atoms with van der Waals surface area (Å²) >= 11 is 0. The van der Waals surface area contributed by atoms with Crippen molar-refractivity contribution in [2.45, 2.75) is 13.0 Å². The molecule has 21 heavy (non-hydrogen) atoms. The number of halogens is 1. The van der Waals surface area contributed by atoms with Gasteiger partial charge in [-0.2, -0.15) is 0 Å². The number of methoxy groups -OCH3 is 2. The van der Waals surface area contributed by atoms with Crippen molar-refractivity contribution in [3.8, 4) is 11.5 Å². The fourth-order valence-electron chi connectivity index (χ4n) is 2.10. The van der Waals surface area contributed by atoms with Crippen LogP contribution in [0.25, 0.3) is 0 Å². The Hall–Kier alpha value is -1.71. The van der Waals surface area contributed by atoms with E-state index >= 15 is 0 Å². The lowest BCUT2D eigenvalue weighted by molar-refractivity contribution is 0.354. The van der Waals surface area contributed by atoms with Gasteiger partial charge in [-0.25, -0.2) is 0 Å². The van der Waals surface area contributed by atoms with Crippen LogP contribution in [0.1, 0.15) is 11.1 Å². The van der Waals surface area contributed by atoms with Gasteiger partial charge in [0.1, 0.15) is 0 Å². The maximum atomic E-state index is 5.31. The fraction of sp³-hybridized carbons (Fsp3) is 0.294. The van der Waals surface area contributed by atoms with Crippen LogP contribution in [-0.4, -0.2) is 20.8 Å². The van der Waals surface area contributed by atoms with Gasteiger partial charge in [0.15, 0.2) is 11.5 Å². The topological polar surface area (TPSA) is 30.5 Å². The second-order valence-electron chi connectivity index (χ2n) is 4.60. The number of rotatable bonds is 7. The Labute approximate surface area is 132 Å². The van der Waals surface area contributed by atoms with E-state index in [-0.39, 0.29) is 12.4 Å². The van der Waals surface area contributed by atoms with Crippen molar-refractivity contribution in [3.05, 3.63) is 59.7 Å². The molecule has 0 fully saturated rings. The van der Waals surface area contributed by atoms with Gasteiger partial charge in [-0.15, -0.1) is 12.4 Å². The number of benzene rings is 2. The van der Waals surface area contributed by atoms with Crippen molar-refractivity contribution in [2.75, 3.05) is 20.8 Å². The second-order valence-corrected chi connectivity index (χ2v) is 4.60. The molecule has 3 nitrogen and oxygen atoms in total. The lowest BCUT2D eigenvalue weighted by Gasteiger charge is -2.10. The third-order valence-electron chi connectivity index (χ3n) is 3.21. The van der Waals surface area contributed by atoms with Crippen molar-refractivity contribution in [2.24, 2.45) is 0 Å². The molecule has 0 bridgehead atoms. The maximum absolute atomic E-state index is 5.31. The second kappa shape index (κ2) is 9.27. The first-order valence-corrected chi connectivity index (χ1v) is 6.79. The highest BCUT2D eigenvalue weighted by Gasteiger charge is 2.04. The van der Waals surface area contributed by atoms with Gasteiger partial charge < -0.3 is 14.8 Å². The van der Waals surface area contributed by atoms with Crippen LogP contribution in [0.15, 0.2) is 48.5 Å². The molecule has 2 rings (SSSR count). The standard InChI is InChI=1S/C17H21NO2.ClH/c1-19-16-9-8-14(12-17(16)20-2)10-11-18-13-15-6-4-3-5-7-15;/h3-9,12,18H,10-11,13H2,1-2H3;1H. The van der Waals surface area contributed by atoms with Gasteiger partial charge >= 0.3 is 0 Å². The third kappa shape index (κ3) is 5.29. The summed E-state index contributed by atoms with van der Waals surface area (Å²) in [5.74, 6) is 1.56. The van der Waals surface area contributed by atoms with Gasteiger partial charge in [-0.3, -0.25) is 0 Å². The van der Waals surface area contributed by atoms with Gasteiger partial charge in [0.2, 0.25) is 0 Å². The summed E-state index contributed by atoms with van der Waals surface area (Å²) in [6, 6.07) is 16.5. The Morgan fingerprint density at radius 1 is 0.857 bits per heavy atom. The average Bonchev–Trinajstić information content (AvgIpc) is 2.52. The Morgan fingerprint density at radius 3 is 2.24 bits per heavy atom. The lowest BCUT2D eigenvalue weighted by atomic mass is 10.1. The molecule has 0 aliphatic carbocycles. The minimum atomic E-state index is 0. The summed E-state index contributed by atoms with van der Waals surface area (Å²) < 4.78 is 10.5. The molecule has 2 aromatic rings. The SMILES string of the molecule is COc1ccc(CCNCc2ccccc2)cc1OC.Cl. The maximum Gasteiger partial charge on any atom is 0.160 e. The molecule has 0 radical (unpaired) electrons. The van der Waals surface area contributed by atoms with Crippen molar-refractivity contribution in [3.63, 3.8) is 0 Å². The molecule has 0 aliphatic rings. The Morgan fingerprint density at radius 2 is 1.57 bits per heavy atom. The van der Waals surface area contributed by atoms with E-state index in [4.69, 9.17) is 9.47 Å². The molecule has 2 aromatic carbocycles. The largest absolute Gasteiger partial charge is 0.493 e. The van der Waals surface area contributed by atoms with E-state index in [9.17, 15) is 0 Å². The monoisotopic (exact) mass is 307 g/mol. The minimum Gasteiger partial charge on any atom is -0.493 e. The first-order valence-electron chi connectivity index (χ1n) is 6.79. The smallest absolute Gasteiger partial charge is 0.160 e. The number of ether oxygens (including phenoxy) is 2. The summed E-state index contributed by atoms with van der Waals surface area (Å²) in [7, 11) is 3.31. The summed E-state index contributed by atoms with van der Waals surface area (Å²) in [5.41, 5.74) is 2.54. The predicted octanol–water partition coefficient (Wildman–Crippen LogP) is 3.46. The molecule has 0 saturated carbocycles. The summed E-state index contributed by atoms with van der Waals surface area (Å²) in [4.78, 5) is 0. The highest BCUT2D eigenvalue weighted by molar-refractivity contribution is 5.85. The van der Waals surface area contributed by atoms with Crippen molar-refractivity contribution < 1.29 is 9.47 Å². The van der Waals surface area contributed by atoms with Crippen LogP contribution in [-0.2, 0) is 13.0 Å². The zero-order valence-electron chi connectivity index (χ0n) is 12.5. The zero-order chi connectivity index (χ0) is 14.2. The summed E-state index contributed by atoms with van der Waals surface area (Å²) in [6.45, 7) is 1.83. The summed E-state index contributed by atoms with van der Waals surface area (Å²) in [6.07, 6.45) is 0.965. The molecular weight excluding hydrogens is 286 g/mol. The molecule has 0 heterocycles. The Balaban J connectivity index is 0.00000220. The van der Waals surface area contributed by atoms with E-state index in [1.165, 1.54) is 11.1 Å². The van der Waals surface area contributed by atoms with Gasteiger partial charge in [0.25, 0.3) is 0 Å². The highest BCUT2D eigenvalue weighted by Crippen LogP contribution is 2.27. The molecule has 0 saturated heterocycles. The van der Waals surface area contributed by atoms with Crippen LogP contribution in [0.5, 0.6) is 11.5 Å². The van der Waals surface area contributed by atoms with Gasteiger partial charge in [-0.1, -0.05) is 36.4 Å². The molecular formula is C17H22ClNO2. The van der Waals surface area contributed by atoms with Crippen molar-refractivity contribution in [1.82, 2.24) is 5.32 Å². The van der Waals surface area contributed by atoms with Crippen LogP contribution in [0.2, 0.25) is 0 Å². The fourth-order valence-corrected chi connectivity index (χ4v) is 2.10. The molecule has 0 aromatic heterocycles. The van der Waals surface area contributed by atoms with E-state index in [1.54, 1.807) is 14.2 Å². The van der Waals surface area contributed by atoms with Gasteiger partial charge in [-0.05, 0) is 36.2 Å². The van der Waals surface area contributed by atoms with Crippen LogP contribution >= 0.6 is 12.4 Å². The first-order chi connectivity index (χ1) is 9.83. The molecule has 0 amide bonds. The van der Waals surface area contributed by atoms with E-state index in [1.807, 2.05) is 18.2 Å². The van der Waals surface area contributed by atoms with Gasteiger partial charge in [0.05, 0.1) is 14.2 Å². The highest BCUT2D eigenvalue weighted by atomic mass is 35.5. The van der Waals surface area contributed by atoms with E-state index in [0.717, 1.165) is 31.0 Å². The first kappa shape index (κ1) is 17.3. The van der Waals surface area contributed by atoms with Crippen LogP contribution in [0.3, 0.4) is 0 Å². The molecule has 1 N–H and O–H groups in total. The molecule has 0 spiro atoms. The Kier molecular flexibility index (Phi) is 7.65. The third-order valence-corrected chi connectivity index (χ3v) is 3.21. The summed E-state index contributed by atoms with van der Waals surface area (Å²) in [5, 5.41) is 3.44. The number of nitrogens with one attached hydrogen (secondary N) is 1.